The summed E-state index contributed by atoms with van der Waals surface area (Å²) in [7, 11) is 0. The number of benzene rings is 2. The summed E-state index contributed by atoms with van der Waals surface area (Å²) in [6.07, 6.45) is 0.260. The van der Waals surface area contributed by atoms with E-state index in [1.54, 1.807) is 6.07 Å². The van der Waals surface area contributed by atoms with E-state index in [0.29, 0.717) is 12.8 Å². The van der Waals surface area contributed by atoms with Crippen molar-refractivity contribution in [1.82, 2.24) is 0 Å². The first kappa shape index (κ1) is 13.1. The van der Waals surface area contributed by atoms with Gasteiger partial charge in [0.15, 0.2) is 0 Å². The van der Waals surface area contributed by atoms with Crippen LogP contribution >= 0.6 is 11.6 Å². The van der Waals surface area contributed by atoms with Gasteiger partial charge in [0, 0.05) is 10.6 Å². The number of hydrogen-bond donors (Lipinski definition) is 1. The van der Waals surface area contributed by atoms with E-state index in [9.17, 15) is 9.50 Å². The van der Waals surface area contributed by atoms with Crippen LogP contribution in [0.15, 0.2) is 48.5 Å². The first-order valence-electron chi connectivity index (χ1n) is 5.84. The van der Waals surface area contributed by atoms with Crippen molar-refractivity contribution in [2.75, 3.05) is 0 Å². The van der Waals surface area contributed by atoms with Crippen molar-refractivity contribution < 1.29 is 9.50 Å². The van der Waals surface area contributed by atoms with E-state index in [-0.39, 0.29) is 10.6 Å². The van der Waals surface area contributed by atoms with Gasteiger partial charge < -0.3 is 5.11 Å². The molecule has 0 spiro atoms. The highest BCUT2D eigenvalue weighted by Crippen LogP contribution is 2.28. The molecule has 0 aliphatic rings. The minimum atomic E-state index is -0.876. The highest BCUT2D eigenvalue weighted by Gasteiger charge is 2.16. The maximum absolute atomic E-state index is 13.6. The van der Waals surface area contributed by atoms with E-state index in [2.05, 4.69) is 0 Å². The molecule has 1 nitrogen and oxygen atoms in total. The van der Waals surface area contributed by atoms with Crippen LogP contribution in [-0.4, -0.2) is 5.11 Å². The number of aliphatic hydroxyl groups is 1. The molecule has 1 N–H and O–H groups in total. The van der Waals surface area contributed by atoms with Crippen LogP contribution in [0.5, 0.6) is 0 Å². The van der Waals surface area contributed by atoms with Crippen LogP contribution in [0.1, 0.15) is 23.7 Å². The molecule has 0 saturated heterocycles. The van der Waals surface area contributed by atoms with Crippen LogP contribution < -0.4 is 0 Å². The van der Waals surface area contributed by atoms with Crippen LogP contribution in [-0.2, 0) is 6.42 Å². The van der Waals surface area contributed by atoms with Crippen LogP contribution in [0.4, 0.5) is 4.39 Å². The highest BCUT2D eigenvalue weighted by molar-refractivity contribution is 6.31. The standard InChI is InChI=1S/C15H14ClFO/c16-12-7-4-8-13(17)15(12)14(18)10-9-11-5-2-1-3-6-11/h1-8,14,18H,9-10H2. The maximum atomic E-state index is 13.6. The molecule has 0 aliphatic heterocycles. The van der Waals surface area contributed by atoms with Gasteiger partial charge >= 0.3 is 0 Å². The molecular formula is C15H14ClFO. The van der Waals surface area contributed by atoms with E-state index in [1.165, 1.54) is 12.1 Å². The quantitative estimate of drug-likeness (QED) is 0.880. The fourth-order valence-electron chi connectivity index (χ4n) is 1.92. The molecule has 0 heterocycles. The molecule has 0 saturated carbocycles. The van der Waals surface area contributed by atoms with Gasteiger partial charge in [0.25, 0.3) is 0 Å². The summed E-state index contributed by atoms with van der Waals surface area (Å²) >= 11 is 5.91. The van der Waals surface area contributed by atoms with Crippen molar-refractivity contribution >= 4 is 11.6 Å². The van der Waals surface area contributed by atoms with Crippen molar-refractivity contribution in [3.05, 3.63) is 70.5 Å². The van der Waals surface area contributed by atoms with E-state index < -0.39 is 11.9 Å². The lowest BCUT2D eigenvalue weighted by Gasteiger charge is -2.13. The molecule has 0 bridgehead atoms. The Morgan fingerprint density at radius 3 is 2.44 bits per heavy atom. The van der Waals surface area contributed by atoms with Crippen molar-refractivity contribution in [3.63, 3.8) is 0 Å². The molecule has 2 aromatic rings. The molecule has 94 valence electrons. The smallest absolute Gasteiger partial charge is 0.130 e. The third-order valence-electron chi connectivity index (χ3n) is 2.88. The van der Waals surface area contributed by atoms with Gasteiger partial charge in [0.1, 0.15) is 5.82 Å². The summed E-state index contributed by atoms with van der Waals surface area (Å²) in [5, 5.41) is 10.3. The molecule has 2 rings (SSSR count). The second kappa shape index (κ2) is 5.98. The largest absolute Gasteiger partial charge is 0.388 e. The molecule has 1 atom stereocenters. The molecule has 0 aromatic heterocycles. The van der Waals surface area contributed by atoms with Crippen molar-refractivity contribution in [2.45, 2.75) is 18.9 Å². The highest BCUT2D eigenvalue weighted by atomic mass is 35.5. The Hall–Kier alpha value is -1.38. The molecule has 3 heteroatoms. The topological polar surface area (TPSA) is 20.2 Å². The zero-order valence-corrected chi connectivity index (χ0v) is 10.6. The molecule has 0 aliphatic carbocycles. The maximum Gasteiger partial charge on any atom is 0.130 e. The van der Waals surface area contributed by atoms with Gasteiger partial charge in [-0.25, -0.2) is 4.39 Å². The van der Waals surface area contributed by atoms with Gasteiger partial charge in [-0.2, -0.15) is 0 Å². The lowest BCUT2D eigenvalue weighted by atomic mass is 10.0. The van der Waals surface area contributed by atoms with Crippen LogP contribution in [0.25, 0.3) is 0 Å². The van der Waals surface area contributed by atoms with Crippen molar-refractivity contribution in [2.24, 2.45) is 0 Å². The summed E-state index contributed by atoms with van der Waals surface area (Å²) in [5.74, 6) is -0.455. The number of hydrogen-bond acceptors (Lipinski definition) is 1. The summed E-state index contributed by atoms with van der Waals surface area (Å²) in [4.78, 5) is 0. The molecule has 0 fully saturated rings. The van der Waals surface area contributed by atoms with E-state index in [0.717, 1.165) is 5.56 Å². The monoisotopic (exact) mass is 264 g/mol. The Morgan fingerprint density at radius 2 is 1.78 bits per heavy atom. The van der Waals surface area contributed by atoms with Gasteiger partial charge in [-0.3, -0.25) is 0 Å². The summed E-state index contributed by atoms with van der Waals surface area (Å²) in [6, 6.07) is 14.2. The summed E-state index contributed by atoms with van der Waals surface area (Å²) in [6.45, 7) is 0. The minimum Gasteiger partial charge on any atom is -0.388 e. The van der Waals surface area contributed by atoms with Crippen molar-refractivity contribution in [1.29, 1.82) is 0 Å². The van der Waals surface area contributed by atoms with Gasteiger partial charge in [0.2, 0.25) is 0 Å². The average molecular weight is 265 g/mol. The number of rotatable bonds is 4. The lowest BCUT2D eigenvalue weighted by molar-refractivity contribution is 0.163. The Morgan fingerprint density at radius 1 is 1.06 bits per heavy atom. The number of aryl methyl sites for hydroxylation is 1. The second-order valence-corrected chi connectivity index (χ2v) is 4.58. The average Bonchev–Trinajstić information content (AvgIpc) is 2.37. The molecule has 18 heavy (non-hydrogen) atoms. The SMILES string of the molecule is OC(CCc1ccccc1)c1c(F)cccc1Cl. The Balaban J connectivity index is 2.06. The Bertz CT molecular complexity index is 493. The molecule has 0 radical (unpaired) electrons. The number of halogens is 2. The predicted molar refractivity (Wildman–Crippen MR) is 71.1 cm³/mol. The van der Waals surface area contributed by atoms with Crippen LogP contribution in [0, 0.1) is 5.82 Å². The minimum absolute atomic E-state index is 0.190. The molecule has 2 aromatic carbocycles. The van der Waals surface area contributed by atoms with E-state index in [1.807, 2.05) is 30.3 Å². The lowest BCUT2D eigenvalue weighted by Crippen LogP contribution is -2.03. The van der Waals surface area contributed by atoms with Crippen molar-refractivity contribution in [3.8, 4) is 0 Å². The first-order valence-corrected chi connectivity index (χ1v) is 6.22. The van der Waals surface area contributed by atoms with Crippen LogP contribution in [0.3, 0.4) is 0 Å². The Kier molecular flexibility index (Phi) is 4.34. The third kappa shape index (κ3) is 3.09. The van der Waals surface area contributed by atoms with Gasteiger partial charge in [0.05, 0.1) is 6.10 Å². The van der Waals surface area contributed by atoms with Gasteiger partial charge in [-0.15, -0.1) is 0 Å². The molecule has 1 unspecified atom stereocenters. The second-order valence-electron chi connectivity index (χ2n) is 4.18. The van der Waals surface area contributed by atoms with Gasteiger partial charge in [-0.05, 0) is 30.5 Å². The van der Waals surface area contributed by atoms with Gasteiger partial charge in [-0.1, -0.05) is 48.0 Å². The van der Waals surface area contributed by atoms with E-state index in [4.69, 9.17) is 11.6 Å². The zero-order valence-electron chi connectivity index (χ0n) is 9.81. The third-order valence-corrected chi connectivity index (χ3v) is 3.21. The predicted octanol–water partition coefficient (Wildman–Crippen LogP) is 4.15. The fourth-order valence-corrected chi connectivity index (χ4v) is 2.21. The normalized spacial score (nSPS) is 12.4. The van der Waals surface area contributed by atoms with Crippen LogP contribution in [0.2, 0.25) is 5.02 Å². The fraction of sp³-hybridized carbons (Fsp3) is 0.200. The summed E-state index contributed by atoms with van der Waals surface area (Å²) in [5.41, 5.74) is 1.30. The zero-order chi connectivity index (χ0) is 13.0. The Labute approximate surface area is 111 Å². The number of aliphatic hydroxyl groups excluding tert-OH is 1. The first-order chi connectivity index (χ1) is 8.68. The molecule has 0 amide bonds. The van der Waals surface area contributed by atoms with E-state index >= 15 is 0 Å². The summed E-state index contributed by atoms with van der Waals surface area (Å²) < 4.78 is 13.6. The molecular weight excluding hydrogens is 251 g/mol.